The molecule has 0 aliphatic carbocycles. The molecule has 18 heavy (non-hydrogen) atoms. The van der Waals surface area contributed by atoms with Crippen LogP contribution in [0.2, 0.25) is 0 Å². The molecule has 0 spiro atoms. The largest absolute Gasteiger partial charge is 0.271 e. The number of hydrogen-bond acceptors (Lipinski definition) is 5. The summed E-state index contributed by atoms with van der Waals surface area (Å²) in [5.41, 5.74) is 3.98. The normalized spacial score (nSPS) is 12.9. The Morgan fingerprint density at radius 2 is 2.17 bits per heavy atom. The maximum Gasteiger partial charge on any atom is 0.0829 e. The molecule has 102 valence electrons. The Morgan fingerprint density at radius 1 is 1.39 bits per heavy atom. The molecule has 1 rings (SSSR count). The number of unbranched alkanes of at least 4 members (excludes halogenated alkanes) is 3. The Hall–Kier alpha value is -0.780. The number of nitrogens with zero attached hydrogens (tertiary/aromatic N) is 2. The molecule has 1 atom stereocenters. The molecule has 0 aliphatic rings. The van der Waals surface area contributed by atoms with E-state index in [1.165, 1.54) is 29.3 Å². The van der Waals surface area contributed by atoms with Crippen LogP contribution in [0.1, 0.15) is 68.5 Å². The van der Waals surface area contributed by atoms with Crippen molar-refractivity contribution >= 4 is 11.5 Å². The molecule has 0 radical (unpaired) electrons. The minimum Gasteiger partial charge on any atom is -0.271 e. The number of aromatic nitrogens is 2. The minimum absolute atomic E-state index is 0.186. The Morgan fingerprint density at radius 3 is 2.78 bits per heavy atom. The summed E-state index contributed by atoms with van der Waals surface area (Å²) < 4.78 is 4.05. The van der Waals surface area contributed by atoms with E-state index in [2.05, 4.69) is 35.4 Å². The van der Waals surface area contributed by atoms with Crippen LogP contribution >= 0.6 is 11.5 Å². The monoisotopic (exact) mass is 268 g/mol. The molecule has 1 aromatic heterocycles. The van der Waals surface area contributed by atoms with Crippen LogP contribution in [0, 0.1) is 0 Å². The first kappa shape index (κ1) is 15.3. The Kier molecular flexibility index (Phi) is 7.08. The lowest BCUT2D eigenvalue weighted by Crippen LogP contribution is -2.28. The fourth-order valence-electron chi connectivity index (χ4n) is 1.95. The summed E-state index contributed by atoms with van der Waals surface area (Å²) in [4.78, 5) is 1.19. The molecule has 1 aromatic rings. The third kappa shape index (κ3) is 4.48. The van der Waals surface area contributed by atoms with Gasteiger partial charge in [0.15, 0.2) is 0 Å². The van der Waals surface area contributed by atoms with Gasteiger partial charge in [0.05, 0.1) is 16.6 Å². The molecule has 0 saturated heterocycles. The molecule has 0 aliphatic heterocycles. The van der Waals surface area contributed by atoms with E-state index in [4.69, 9.17) is 5.84 Å². The Labute approximate surface area is 114 Å². The molecule has 0 amide bonds. The van der Waals surface area contributed by atoms with Gasteiger partial charge in [-0.05, 0) is 36.7 Å². The van der Waals surface area contributed by atoms with Gasteiger partial charge in [-0.3, -0.25) is 11.3 Å². The summed E-state index contributed by atoms with van der Waals surface area (Å²) in [6.45, 7) is 8.01. The van der Waals surface area contributed by atoms with Crippen molar-refractivity contribution < 1.29 is 0 Å². The molecule has 4 nitrogen and oxygen atoms in total. The number of hydrogen-bond donors (Lipinski definition) is 2. The van der Waals surface area contributed by atoms with Crippen molar-refractivity contribution in [2.75, 3.05) is 0 Å². The highest BCUT2D eigenvalue weighted by Gasteiger charge is 2.19. The highest BCUT2D eigenvalue weighted by molar-refractivity contribution is 7.05. The van der Waals surface area contributed by atoms with E-state index in [0.29, 0.717) is 5.92 Å². The lowest BCUT2D eigenvalue weighted by molar-refractivity contribution is 0.485. The maximum atomic E-state index is 5.66. The molecule has 5 heteroatoms. The van der Waals surface area contributed by atoms with Gasteiger partial charge < -0.3 is 0 Å². The van der Waals surface area contributed by atoms with E-state index in [1.807, 2.05) is 6.08 Å². The fourth-order valence-corrected chi connectivity index (χ4v) is 2.85. The third-order valence-electron chi connectivity index (χ3n) is 3.01. The first-order valence-electron chi connectivity index (χ1n) is 6.59. The third-order valence-corrected chi connectivity index (χ3v) is 3.86. The highest BCUT2D eigenvalue weighted by atomic mass is 32.1. The summed E-state index contributed by atoms with van der Waals surface area (Å²) in [6.07, 6.45) is 7.70. The zero-order valence-electron chi connectivity index (χ0n) is 11.4. The predicted octanol–water partition coefficient (Wildman–Crippen LogP) is 3.30. The first-order chi connectivity index (χ1) is 8.70. The van der Waals surface area contributed by atoms with Gasteiger partial charge in [-0.15, -0.1) is 11.7 Å². The first-order valence-corrected chi connectivity index (χ1v) is 7.37. The zero-order chi connectivity index (χ0) is 13.4. The maximum absolute atomic E-state index is 5.66. The molecule has 0 bridgehead atoms. The van der Waals surface area contributed by atoms with E-state index in [-0.39, 0.29) is 6.04 Å². The minimum atomic E-state index is 0.186. The van der Waals surface area contributed by atoms with Gasteiger partial charge >= 0.3 is 0 Å². The number of rotatable bonds is 9. The van der Waals surface area contributed by atoms with Crippen molar-refractivity contribution in [1.29, 1.82) is 0 Å². The lowest BCUT2D eigenvalue weighted by atomic mass is 10.0. The second-order valence-corrected chi connectivity index (χ2v) is 5.61. The van der Waals surface area contributed by atoms with Crippen molar-refractivity contribution in [3.63, 3.8) is 0 Å². The lowest BCUT2D eigenvalue weighted by Gasteiger charge is -2.15. The van der Waals surface area contributed by atoms with E-state index >= 15 is 0 Å². The van der Waals surface area contributed by atoms with Crippen LogP contribution in [-0.4, -0.2) is 9.59 Å². The van der Waals surface area contributed by atoms with Crippen LogP contribution in [0.4, 0.5) is 0 Å². The van der Waals surface area contributed by atoms with Crippen LogP contribution in [0.15, 0.2) is 12.7 Å². The van der Waals surface area contributed by atoms with Crippen molar-refractivity contribution in [2.24, 2.45) is 5.84 Å². The Balaban J connectivity index is 2.49. The van der Waals surface area contributed by atoms with E-state index in [1.54, 1.807) is 0 Å². The number of allylic oxidation sites excluding steroid dienone is 1. The van der Waals surface area contributed by atoms with Crippen molar-refractivity contribution in [2.45, 2.75) is 57.9 Å². The topological polar surface area (TPSA) is 63.8 Å². The van der Waals surface area contributed by atoms with Gasteiger partial charge in [-0.2, -0.15) is 0 Å². The molecule has 0 aromatic carbocycles. The molecule has 1 heterocycles. The second kappa shape index (κ2) is 8.34. The fraction of sp³-hybridized carbons (Fsp3) is 0.692. The Bertz CT molecular complexity index is 349. The standard InChI is InChI=1S/C13H24N4S/c1-4-5-6-7-8-9-11(15-14)13-12(10(2)3)16-17-18-13/h4,10-11,15H,1,5-9,14H2,2-3H3. The van der Waals surface area contributed by atoms with Gasteiger partial charge in [0.2, 0.25) is 0 Å². The van der Waals surface area contributed by atoms with E-state index in [0.717, 1.165) is 25.0 Å². The van der Waals surface area contributed by atoms with Gasteiger partial charge in [-0.25, -0.2) is 0 Å². The molecule has 1 unspecified atom stereocenters. The van der Waals surface area contributed by atoms with Gasteiger partial charge in [0.25, 0.3) is 0 Å². The SMILES string of the molecule is C=CCCCCCC(NN)c1snnc1C(C)C. The average molecular weight is 268 g/mol. The summed E-state index contributed by atoms with van der Waals surface area (Å²) >= 11 is 1.46. The predicted molar refractivity (Wildman–Crippen MR) is 77.3 cm³/mol. The van der Waals surface area contributed by atoms with Crippen LogP contribution in [-0.2, 0) is 0 Å². The molecule has 3 N–H and O–H groups in total. The van der Waals surface area contributed by atoms with Crippen molar-refractivity contribution in [3.05, 3.63) is 23.2 Å². The summed E-state index contributed by atoms with van der Waals surface area (Å²) in [5, 5.41) is 4.20. The number of nitrogens with two attached hydrogens (primary N) is 1. The van der Waals surface area contributed by atoms with Gasteiger partial charge in [-0.1, -0.05) is 37.3 Å². The highest BCUT2D eigenvalue weighted by Crippen LogP contribution is 2.28. The quantitative estimate of drug-likeness (QED) is 0.312. The molecule has 0 saturated carbocycles. The smallest absolute Gasteiger partial charge is 0.0829 e. The summed E-state index contributed by atoms with van der Waals surface area (Å²) in [6, 6.07) is 0.186. The number of hydrazine groups is 1. The van der Waals surface area contributed by atoms with Crippen molar-refractivity contribution in [3.8, 4) is 0 Å². The molecule has 0 fully saturated rings. The van der Waals surface area contributed by atoms with Gasteiger partial charge in [0.1, 0.15) is 0 Å². The molecular weight excluding hydrogens is 244 g/mol. The molecular formula is C13H24N4S. The summed E-state index contributed by atoms with van der Waals surface area (Å²) in [7, 11) is 0. The van der Waals surface area contributed by atoms with E-state index in [9.17, 15) is 0 Å². The van der Waals surface area contributed by atoms with E-state index < -0.39 is 0 Å². The van der Waals surface area contributed by atoms with Crippen LogP contribution < -0.4 is 11.3 Å². The van der Waals surface area contributed by atoms with Crippen LogP contribution in [0.25, 0.3) is 0 Å². The number of nitrogens with one attached hydrogen (secondary N) is 1. The zero-order valence-corrected chi connectivity index (χ0v) is 12.2. The van der Waals surface area contributed by atoms with Crippen molar-refractivity contribution in [1.82, 2.24) is 15.0 Å². The van der Waals surface area contributed by atoms with Crippen LogP contribution in [0.3, 0.4) is 0 Å². The summed E-state index contributed by atoms with van der Waals surface area (Å²) in [5.74, 6) is 6.06. The van der Waals surface area contributed by atoms with Crippen LogP contribution in [0.5, 0.6) is 0 Å². The second-order valence-electron chi connectivity index (χ2n) is 4.82. The van der Waals surface area contributed by atoms with Gasteiger partial charge in [0, 0.05) is 0 Å². The average Bonchev–Trinajstić information content (AvgIpc) is 2.83.